The van der Waals surface area contributed by atoms with Crippen LogP contribution in [-0.4, -0.2) is 7.11 Å². The first-order valence-electron chi connectivity index (χ1n) is 5.47. The van der Waals surface area contributed by atoms with Crippen LogP contribution < -0.4 is 15.2 Å². The molecule has 0 bridgehead atoms. The molecule has 2 aromatic rings. The lowest BCUT2D eigenvalue weighted by Gasteiger charge is -2.10. The second kappa shape index (κ2) is 4.96. The van der Waals surface area contributed by atoms with Crippen molar-refractivity contribution in [3.63, 3.8) is 0 Å². The van der Waals surface area contributed by atoms with Crippen molar-refractivity contribution in [2.45, 2.75) is 6.92 Å². The molecule has 94 valence electrons. The van der Waals surface area contributed by atoms with Gasteiger partial charge in [-0.15, -0.1) is 0 Å². The Hall–Kier alpha value is -2.23. The molecule has 2 rings (SSSR count). The number of halogens is 1. The number of ether oxygens (including phenoxy) is 2. The first kappa shape index (κ1) is 12.2. The average molecular weight is 247 g/mol. The third-order valence-electron chi connectivity index (χ3n) is 2.52. The molecule has 2 aromatic carbocycles. The van der Waals surface area contributed by atoms with Crippen LogP contribution in [-0.2, 0) is 0 Å². The van der Waals surface area contributed by atoms with Crippen molar-refractivity contribution in [1.82, 2.24) is 0 Å². The highest BCUT2D eigenvalue weighted by molar-refractivity contribution is 5.56. The lowest BCUT2D eigenvalue weighted by Crippen LogP contribution is -1.94. The van der Waals surface area contributed by atoms with Crippen LogP contribution >= 0.6 is 0 Å². The van der Waals surface area contributed by atoms with Gasteiger partial charge in [0.15, 0.2) is 11.6 Å². The molecule has 0 aliphatic carbocycles. The summed E-state index contributed by atoms with van der Waals surface area (Å²) in [5.41, 5.74) is 7.13. The van der Waals surface area contributed by atoms with E-state index in [0.717, 1.165) is 5.56 Å². The predicted octanol–water partition coefficient (Wildman–Crippen LogP) is 3.52. The zero-order chi connectivity index (χ0) is 13.1. The minimum atomic E-state index is -0.406. The molecule has 0 saturated heterocycles. The molecule has 0 heterocycles. The second-order valence-electron chi connectivity index (χ2n) is 3.94. The van der Waals surface area contributed by atoms with E-state index >= 15 is 0 Å². The highest BCUT2D eigenvalue weighted by atomic mass is 19.1. The van der Waals surface area contributed by atoms with Crippen molar-refractivity contribution in [2.75, 3.05) is 12.8 Å². The smallest absolute Gasteiger partial charge is 0.165 e. The Labute approximate surface area is 105 Å². The highest BCUT2D eigenvalue weighted by Gasteiger charge is 2.07. The van der Waals surface area contributed by atoms with Gasteiger partial charge in [0.1, 0.15) is 11.5 Å². The van der Waals surface area contributed by atoms with Crippen molar-refractivity contribution in [3.05, 3.63) is 47.8 Å². The van der Waals surface area contributed by atoms with Crippen LogP contribution in [0.4, 0.5) is 10.1 Å². The van der Waals surface area contributed by atoms with Gasteiger partial charge in [-0.25, -0.2) is 4.39 Å². The molecule has 2 N–H and O–H groups in total. The normalized spacial score (nSPS) is 10.2. The molecule has 3 nitrogen and oxygen atoms in total. The van der Waals surface area contributed by atoms with Crippen molar-refractivity contribution in [2.24, 2.45) is 0 Å². The Morgan fingerprint density at radius 3 is 2.56 bits per heavy atom. The summed E-state index contributed by atoms with van der Waals surface area (Å²) in [4.78, 5) is 0. The van der Waals surface area contributed by atoms with Gasteiger partial charge in [0, 0.05) is 6.07 Å². The van der Waals surface area contributed by atoms with E-state index in [-0.39, 0.29) is 5.75 Å². The summed E-state index contributed by atoms with van der Waals surface area (Å²) < 4.78 is 24.1. The average Bonchev–Trinajstić information content (AvgIpc) is 2.36. The topological polar surface area (TPSA) is 44.5 Å². The monoisotopic (exact) mass is 247 g/mol. The summed E-state index contributed by atoms with van der Waals surface area (Å²) >= 11 is 0. The molecule has 0 atom stereocenters. The van der Waals surface area contributed by atoms with Crippen molar-refractivity contribution < 1.29 is 13.9 Å². The minimum Gasteiger partial charge on any atom is -0.494 e. The molecule has 0 aromatic heterocycles. The molecule has 0 spiro atoms. The van der Waals surface area contributed by atoms with Gasteiger partial charge in [-0.2, -0.15) is 0 Å². The fraction of sp³-hybridized carbons (Fsp3) is 0.143. The summed E-state index contributed by atoms with van der Waals surface area (Å²) in [5, 5.41) is 0. The van der Waals surface area contributed by atoms with Gasteiger partial charge in [0.05, 0.1) is 12.8 Å². The summed E-state index contributed by atoms with van der Waals surface area (Å²) in [7, 11) is 1.52. The Kier molecular flexibility index (Phi) is 3.37. The maximum atomic E-state index is 13.5. The van der Waals surface area contributed by atoms with Crippen molar-refractivity contribution >= 4 is 5.69 Å². The first-order chi connectivity index (χ1) is 8.60. The molecule has 18 heavy (non-hydrogen) atoms. The van der Waals surface area contributed by atoms with E-state index in [0.29, 0.717) is 17.2 Å². The summed E-state index contributed by atoms with van der Waals surface area (Å²) in [5.74, 6) is 0.754. The Balaban J connectivity index is 2.31. The third kappa shape index (κ3) is 2.53. The number of nitrogen functional groups attached to an aromatic ring is 1. The molecule has 0 radical (unpaired) electrons. The summed E-state index contributed by atoms with van der Waals surface area (Å²) in [6, 6.07) is 9.64. The fourth-order valence-corrected chi connectivity index (χ4v) is 1.57. The molecular weight excluding hydrogens is 233 g/mol. The molecule has 0 amide bonds. The van der Waals surface area contributed by atoms with Gasteiger partial charge in [0.2, 0.25) is 0 Å². The van der Waals surface area contributed by atoms with Crippen LogP contribution in [0.1, 0.15) is 5.56 Å². The standard InChI is InChI=1S/C14H14FNO2/c1-9-3-5-11(15)13(7-9)18-10-4-6-12(16)14(8-10)17-2/h3-8H,16H2,1-2H3. The zero-order valence-electron chi connectivity index (χ0n) is 10.2. The van der Waals surface area contributed by atoms with Gasteiger partial charge < -0.3 is 15.2 Å². The molecule has 0 fully saturated rings. The van der Waals surface area contributed by atoms with E-state index in [1.165, 1.54) is 13.2 Å². The quantitative estimate of drug-likeness (QED) is 0.844. The van der Waals surface area contributed by atoms with Crippen LogP contribution in [0.5, 0.6) is 17.2 Å². The van der Waals surface area contributed by atoms with Crippen LogP contribution in [0.2, 0.25) is 0 Å². The molecule has 0 aliphatic heterocycles. The third-order valence-corrected chi connectivity index (χ3v) is 2.52. The maximum Gasteiger partial charge on any atom is 0.165 e. The number of hydrogen-bond acceptors (Lipinski definition) is 3. The predicted molar refractivity (Wildman–Crippen MR) is 68.6 cm³/mol. The van der Waals surface area contributed by atoms with Crippen molar-refractivity contribution in [1.29, 1.82) is 0 Å². The second-order valence-corrected chi connectivity index (χ2v) is 3.94. The number of aryl methyl sites for hydroxylation is 1. The summed E-state index contributed by atoms with van der Waals surface area (Å²) in [6.07, 6.45) is 0. The highest BCUT2D eigenvalue weighted by Crippen LogP contribution is 2.31. The van der Waals surface area contributed by atoms with Gasteiger partial charge >= 0.3 is 0 Å². The molecular formula is C14H14FNO2. The summed E-state index contributed by atoms with van der Waals surface area (Å²) in [6.45, 7) is 1.87. The van der Waals surface area contributed by atoms with E-state index in [2.05, 4.69) is 0 Å². The number of anilines is 1. The SMILES string of the molecule is COc1cc(Oc2cc(C)ccc2F)ccc1N. The van der Waals surface area contributed by atoms with E-state index < -0.39 is 5.82 Å². The van der Waals surface area contributed by atoms with Crippen molar-refractivity contribution in [3.8, 4) is 17.2 Å². The number of rotatable bonds is 3. The Bertz CT molecular complexity index is 570. The number of benzene rings is 2. The van der Waals surface area contributed by atoms with Gasteiger partial charge in [0.25, 0.3) is 0 Å². The van der Waals surface area contributed by atoms with E-state index in [1.54, 1.807) is 30.3 Å². The van der Waals surface area contributed by atoms with Crippen LogP contribution in [0.15, 0.2) is 36.4 Å². The van der Waals surface area contributed by atoms with Crippen LogP contribution in [0.25, 0.3) is 0 Å². The van der Waals surface area contributed by atoms with Crippen LogP contribution in [0.3, 0.4) is 0 Å². The lowest BCUT2D eigenvalue weighted by atomic mass is 10.2. The van der Waals surface area contributed by atoms with Gasteiger partial charge in [-0.3, -0.25) is 0 Å². The van der Waals surface area contributed by atoms with Crippen LogP contribution in [0, 0.1) is 12.7 Å². The van der Waals surface area contributed by atoms with Gasteiger partial charge in [-0.05, 0) is 36.8 Å². The molecule has 0 saturated carbocycles. The number of nitrogens with two attached hydrogens (primary N) is 1. The molecule has 0 aliphatic rings. The molecule has 0 unspecified atom stereocenters. The Morgan fingerprint density at radius 1 is 1.06 bits per heavy atom. The largest absolute Gasteiger partial charge is 0.494 e. The number of methoxy groups -OCH3 is 1. The Morgan fingerprint density at radius 2 is 1.83 bits per heavy atom. The lowest BCUT2D eigenvalue weighted by molar-refractivity contribution is 0.407. The van der Waals surface area contributed by atoms with E-state index in [9.17, 15) is 4.39 Å². The van der Waals surface area contributed by atoms with Gasteiger partial charge in [-0.1, -0.05) is 6.07 Å². The fourth-order valence-electron chi connectivity index (χ4n) is 1.57. The van der Waals surface area contributed by atoms with E-state index in [4.69, 9.17) is 15.2 Å². The molecule has 4 heteroatoms. The maximum absolute atomic E-state index is 13.5. The number of hydrogen-bond donors (Lipinski definition) is 1. The minimum absolute atomic E-state index is 0.182. The van der Waals surface area contributed by atoms with E-state index in [1.807, 2.05) is 6.92 Å². The zero-order valence-corrected chi connectivity index (χ0v) is 10.2. The first-order valence-corrected chi connectivity index (χ1v) is 5.47.